The molecule has 0 aromatic heterocycles. The van der Waals surface area contributed by atoms with Crippen molar-refractivity contribution in [3.05, 3.63) is 0 Å². The van der Waals surface area contributed by atoms with Crippen molar-refractivity contribution in [2.45, 2.75) is 39.5 Å². The molecule has 2 atom stereocenters. The molecule has 1 saturated heterocycles. The smallest absolute Gasteiger partial charge is 0.139 e. The second kappa shape index (κ2) is 4.84. The minimum atomic E-state index is 0.316. The molecule has 1 aliphatic carbocycles. The summed E-state index contributed by atoms with van der Waals surface area (Å²) in [5, 5.41) is 11.8. The number of piperidine rings is 1. The second-order valence-electron chi connectivity index (χ2n) is 6.25. The normalized spacial score (nSPS) is 33.6. The van der Waals surface area contributed by atoms with E-state index in [4.69, 9.17) is 10.9 Å². The number of nitrogens with zero attached hydrogens (tertiary/aromatic N) is 2. The number of nitrogens with two attached hydrogens (primary N) is 1. The maximum Gasteiger partial charge on any atom is 0.139 e. The van der Waals surface area contributed by atoms with E-state index in [0.29, 0.717) is 11.3 Å². The molecule has 0 amide bonds. The van der Waals surface area contributed by atoms with Crippen molar-refractivity contribution in [1.29, 1.82) is 0 Å². The van der Waals surface area contributed by atoms with Gasteiger partial charge >= 0.3 is 0 Å². The lowest BCUT2D eigenvalue weighted by molar-refractivity contribution is 0.116. The summed E-state index contributed by atoms with van der Waals surface area (Å²) in [5.41, 5.74) is 5.95. The van der Waals surface area contributed by atoms with Gasteiger partial charge < -0.3 is 15.8 Å². The maximum absolute atomic E-state index is 8.66. The Morgan fingerprint density at radius 2 is 2.12 bits per heavy atom. The number of oxime groups is 1. The Morgan fingerprint density at radius 3 is 2.65 bits per heavy atom. The van der Waals surface area contributed by atoms with Gasteiger partial charge in [0.05, 0.1) is 0 Å². The molecule has 0 radical (unpaired) electrons. The zero-order valence-electron chi connectivity index (χ0n) is 11.0. The first-order valence-corrected chi connectivity index (χ1v) is 6.73. The Hall–Kier alpha value is -0.770. The van der Waals surface area contributed by atoms with Crippen LogP contribution in [0.4, 0.5) is 0 Å². The molecule has 0 aromatic rings. The van der Waals surface area contributed by atoms with Crippen LogP contribution in [0.15, 0.2) is 5.16 Å². The van der Waals surface area contributed by atoms with Crippen LogP contribution in [0.2, 0.25) is 0 Å². The highest BCUT2D eigenvalue weighted by molar-refractivity contribution is 5.80. The number of hydrogen-bond donors (Lipinski definition) is 2. The Kier molecular flexibility index (Phi) is 3.61. The van der Waals surface area contributed by atoms with Gasteiger partial charge in [-0.2, -0.15) is 0 Å². The lowest BCUT2D eigenvalue weighted by Gasteiger charge is -2.37. The zero-order valence-corrected chi connectivity index (χ0v) is 11.0. The fourth-order valence-corrected chi connectivity index (χ4v) is 2.95. The zero-order chi connectivity index (χ0) is 12.5. The average molecular weight is 239 g/mol. The monoisotopic (exact) mass is 239 g/mol. The number of rotatable bonds is 4. The summed E-state index contributed by atoms with van der Waals surface area (Å²) in [6.45, 7) is 8.24. The van der Waals surface area contributed by atoms with E-state index in [1.807, 2.05) is 0 Å². The Bertz CT molecular complexity index is 299. The SMILES string of the molecule is CC1CCN(CC2(CC(N)=NO)CC2)CC1C. The molecule has 1 saturated carbocycles. The first-order valence-electron chi connectivity index (χ1n) is 6.73. The van der Waals surface area contributed by atoms with Gasteiger partial charge in [-0.05, 0) is 43.1 Å². The predicted molar refractivity (Wildman–Crippen MR) is 69.1 cm³/mol. The summed E-state index contributed by atoms with van der Waals surface area (Å²) < 4.78 is 0. The van der Waals surface area contributed by atoms with Crippen LogP contribution in [0.25, 0.3) is 0 Å². The minimum absolute atomic E-state index is 0.316. The molecule has 0 spiro atoms. The Labute approximate surface area is 104 Å². The first kappa shape index (κ1) is 12.7. The Morgan fingerprint density at radius 1 is 1.41 bits per heavy atom. The predicted octanol–water partition coefficient (Wildman–Crippen LogP) is 1.88. The van der Waals surface area contributed by atoms with E-state index in [1.165, 1.54) is 32.4 Å². The summed E-state index contributed by atoms with van der Waals surface area (Å²) in [4.78, 5) is 2.57. The quantitative estimate of drug-likeness (QED) is 0.341. The van der Waals surface area contributed by atoms with Crippen LogP contribution >= 0.6 is 0 Å². The molecule has 2 aliphatic rings. The van der Waals surface area contributed by atoms with Gasteiger partial charge in [0.2, 0.25) is 0 Å². The van der Waals surface area contributed by atoms with Crippen molar-refractivity contribution in [3.8, 4) is 0 Å². The third-order valence-corrected chi connectivity index (χ3v) is 4.62. The van der Waals surface area contributed by atoms with Gasteiger partial charge in [-0.15, -0.1) is 0 Å². The van der Waals surface area contributed by atoms with E-state index < -0.39 is 0 Å². The summed E-state index contributed by atoms with van der Waals surface area (Å²) in [6.07, 6.45) is 4.51. The maximum atomic E-state index is 8.66. The summed E-state index contributed by atoms with van der Waals surface area (Å²) in [5.74, 6) is 2.04. The molecule has 0 aromatic carbocycles. The van der Waals surface area contributed by atoms with Gasteiger partial charge in [-0.3, -0.25) is 0 Å². The molecule has 1 heterocycles. The molecule has 2 fully saturated rings. The third kappa shape index (κ3) is 3.12. The summed E-state index contributed by atoms with van der Waals surface area (Å²) >= 11 is 0. The van der Waals surface area contributed by atoms with Gasteiger partial charge in [-0.1, -0.05) is 19.0 Å². The third-order valence-electron chi connectivity index (χ3n) is 4.62. The lowest BCUT2D eigenvalue weighted by Crippen LogP contribution is -2.42. The van der Waals surface area contributed by atoms with Crippen LogP contribution in [-0.2, 0) is 0 Å². The van der Waals surface area contributed by atoms with Crippen molar-refractivity contribution in [2.24, 2.45) is 28.1 Å². The number of likely N-dealkylation sites (tertiary alicyclic amines) is 1. The molecule has 17 heavy (non-hydrogen) atoms. The largest absolute Gasteiger partial charge is 0.409 e. The van der Waals surface area contributed by atoms with Crippen LogP contribution in [-0.4, -0.2) is 35.6 Å². The van der Waals surface area contributed by atoms with Crippen molar-refractivity contribution in [3.63, 3.8) is 0 Å². The lowest BCUT2D eigenvalue weighted by atomic mass is 9.87. The average Bonchev–Trinajstić information content (AvgIpc) is 3.03. The molecule has 0 bridgehead atoms. The molecular weight excluding hydrogens is 214 g/mol. The first-order chi connectivity index (χ1) is 8.04. The Balaban J connectivity index is 1.85. The molecule has 3 N–H and O–H groups in total. The van der Waals surface area contributed by atoms with Gasteiger partial charge in [0, 0.05) is 19.5 Å². The van der Waals surface area contributed by atoms with Crippen molar-refractivity contribution in [2.75, 3.05) is 19.6 Å². The molecule has 1 aliphatic heterocycles. The fraction of sp³-hybridized carbons (Fsp3) is 0.923. The van der Waals surface area contributed by atoms with Crippen LogP contribution in [0, 0.1) is 17.3 Å². The summed E-state index contributed by atoms with van der Waals surface area (Å²) in [6, 6.07) is 0. The fourth-order valence-electron chi connectivity index (χ4n) is 2.95. The van der Waals surface area contributed by atoms with Gasteiger partial charge in [0.25, 0.3) is 0 Å². The van der Waals surface area contributed by atoms with E-state index in [9.17, 15) is 0 Å². The standard InChI is InChI=1S/C13H25N3O/c1-10-3-6-16(8-11(10)2)9-13(4-5-13)7-12(14)15-17/h10-11,17H,3-9H2,1-2H3,(H2,14,15). The van der Waals surface area contributed by atoms with Crippen molar-refractivity contribution in [1.82, 2.24) is 4.90 Å². The van der Waals surface area contributed by atoms with Gasteiger partial charge in [0.15, 0.2) is 0 Å². The molecule has 4 heteroatoms. The second-order valence-corrected chi connectivity index (χ2v) is 6.25. The van der Waals surface area contributed by atoms with E-state index >= 15 is 0 Å². The van der Waals surface area contributed by atoms with E-state index in [1.54, 1.807) is 0 Å². The molecule has 98 valence electrons. The van der Waals surface area contributed by atoms with Crippen LogP contribution in [0.3, 0.4) is 0 Å². The molecule has 4 nitrogen and oxygen atoms in total. The number of amidine groups is 1. The van der Waals surface area contributed by atoms with Crippen LogP contribution < -0.4 is 5.73 Å². The highest BCUT2D eigenvalue weighted by Gasteiger charge is 2.45. The molecule has 2 rings (SSSR count). The topological polar surface area (TPSA) is 61.8 Å². The van der Waals surface area contributed by atoms with E-state index in [0.717, 1.165) is 24.8 Å². The minimum Gasteiger partial charge on any atom is -0.409 e. The van der Waals surface area contributed by atoms with Crippen LogP contribution in [0.1, 0.15) is 39.5 Å². The van der Waals surface area contributed by atoms with Gasteiger partial charge in [0.1, 0.15) is 5.84 Å². The van der Waals surface area contributed by atoms with E-state index in [-0.39, 0.29) is 0 Å². The number of hydrogen-bond acceptors (Lipinski definition) is 3. The highest BCUT2D eigenvalue weighted by atomic mass is 16.4. The van der Waals surface area contributed by atoms with Crippen LogP contribution in [0.5, 0.6) is 0 Å². The molecular formula is C13H25N3O. The highest BCUT2D eigenvalue weighted by Crippen LogP contribution is 2.49. The summed E-state index contributed by atoms with van der Waals surface area (Å²) in [7, 11) is 0. The van der Waals surface area contributed by atoms with E-state index in [2.05, 4.69) is 23.9 Å². The van der Waals surface area contributed by atoms with Gasteiger partial charge in [-0.25, -0.2) is 0 Å². The van der Waals surface area contributed by atoms with Crippen molar-refractivity contribution >= 4 is 5.84 Å². The van der Waals surface area contributed by atoms with Crippen molar-refractivity contribution < 1.29 is 5.21 Å². The molecule has 2 unspecified atom stereocenters.